The van der Waals surface area contributed by atoms with Gasteiger partial charge >= 0.3 is 5.97 Å². The van der Waals surface area contributed by atoms with Gasteiger partial charge in [0.25, 0.3) is 0 Å². The Labute approximate surface area is 104 Å². The fourth-order valence-electron chi connectivity index (χ4n) is 1.82. The zero-order valence-electron chi connectivity index (χ0n) is 9.93. The predicted octanol–water partition coefficient (Wildman–Crippen LogP) is 2.88. The third kappa shape index (κ3) is 2.11. The van der Waals surface area contributed by atoms with Crippen molar-refractivity contribution in [3.05, 3.63) is 41.6 Å². The Hall–Kier alpha value is -2.54. The summed E-state index contributed by atoms with van der Waals surface area (Å²) in [4.78, 5) is 14.9. The number of carbonyl (C=O) groups excluding carboxylic acids is 1. The molecule has 0 aliphatic carbocycles. The molecule has 1 aromatic carbocycles. The van der Waals surface area contributed by atoms with Gasteiger partial charge in [-0.25, -0.2) is 4.79 Å². The number of rotatable bonds is 3. The molecule has 2 rings (SSSR count). The number of nitrogens with zero attached hydrogens (tertiary/aromatic N) is 1. The van der Waals surface area contributed by atoms with Crippen LogP contribution in [-0.4, -0.2) is 17.6 Å². The maximum absolute atomic E-state index is 11.8. The van der Waals surface area contributed by atoms with Gasteiger partial charge in [0.05, 0.1) is 12.7 Å². The molecule has 0 aliphatic heterocycles. The van der Waals surface area contributed by atoms with Crippen molar-refractivity contribution < 1.29 is 9.53 Å². The molecule has 0 atom stereocenters. The zero-order chi connectivity index (χ0) is 13.0. The molecule has 18 heavy (non-hydrogen) atoms. The van der Waals surface area contributed by atoms with Crippen molar-refractivity contribution in [2.24, 2.45) is 0 Å². The predicted molar refractivity (Wildman–Crippen MR) is 68.9 cm³/mol. The van der Waals surface area contributed by atoms with Gasteiger partial charge < -0.3 is 9.72 Å². The van der Waals surface area contributed by atoms with E-state index < -0.39 is 5.97 Å². The van der Waals surface area contributed by atoms with Gasteiger partial charge in [-0.2, -0.15) is 5.26 Å². The first kappa shape index (κ1) is 11.9. The molecule has 0 spiro atoms. The van der Waals surface area contributed by atoms with Crippen molar-refractivity contribution in [2.75, 3.05) is 6.61 Å². The van der Waals surface area contributed by atoms with E-state index in [1.165, 1.54) is 6.08 Å². The molecular formula is C14H12N2O2. The Balaban J connectivity index is 2.61. The fourth-order valence-corrected chi connectivity index (χ4v) is 1.82. The molecule has 4 heteroatoms. The molecule has 4 nitrogen and oxygen atoms in total. The third-order valence-electron chi connectivity index (χ3n) is 2.55. The van der Waals surface area contributed by atoms with Crippen LogP contribution in [0.3, 0.4) is 0 Å². The molecule has 0 bridgehead atoms. The van der Waals surface area contributed by atoms with Crippen molar-refractivity contribution in [1.82, 2.24) is 4.98 Å². The van der Waals surface area contributed by atoms with Gasteiger partial charge in [-0.05, 0) is 19.1 Å². The third-order valence-corrected chi connectivity index (χ3v) is 2.55. The highest BCUT2D eigenvalue weighted by Crippen LogP contribution is 2.24. The SMILES string of the molecule is CCOC(=O)c1[nH]c2ccccc2c1/C=C/C#N. The number of allylic oxidation sites excluding steroid dienone is 1. The molecule has 1 aromatic heterocycles. The number of aromatic amines is 1. The minimum atomic E-state index is -0.411. The van der Waals surface area contributed by atoms with Crippen molar-refractivity contribution in [2.45, 2.75) is 6.92 Å². The number of fused-ring (bicyclic) bond motifs is 1. The first-order chi connectivity index (χ1) is 8.77. The van der Waals surface area contributed by atoms with E-state index in [1.807, 2.05) is 30.3 Å². The normalized spacial score (nSPS) is 10.7. The molecular weight excluding hydrogens is 228 g/mol. The summed E-state index contributed by atoms with van der Waals surface area (Å²) in [6, 6.07) is 9.46. The molecule has 2 aromatic rings. The number of para-hydroxylation sites is 1. The van der Waals surface area contributed by atoms with Crippen LogP contribution >= 0.6 is 0 Å². The van der Waals surface area contributed by atoms with E-state index in [4.69, 9.17) is 10.00 Å². The highest BCUT2D eigenvalue weighted by atomic mass is 16.5. The largest absolute Gasteiger partial charge is 0.461 e. The Morgan fingerprint density at radius 2 is 2.28 bits per heavy atom. The van der Waals surface area contributed by atoms with E-state index in [0.29, 0.717) is 17.9 Å². The van der Waals surface area contributed by atoms with Crippen molar-refractivity contribution in [1.29, 1.82) is 5.26 Å². The minimum Gasteiger partial charge on any atom is -0.461 e. The van der Waals surface area contributed by atoms with E-state index in [0.717, 1.165) is 10.9 Å². The van der Waals surface area contributed by atoms with Crippen molar-refractivity contribution in [3.8, 4) is 6.07 Å². The van der Waals surface area contributed by atoms with E-state index in [-0.39, 0.29) is 0 Å². The number of benzene rings is 1. The molecule has 1 N–H and O–H groups in total. The summed E-state index contributed by atoms with van der Waals surface area (Å²) in [5.74, 6) is -0.411. The summed E-state index contributed by atoms with van der Waals surface area (Å²) in [6.07, 6.45) is 2.96. The number of nitriles is 1. The number of hydrogen-bond donors (Lipinski definition) is 1. The molecule has 0 aliphatic rings. The van der Waals surface area contributed by atoms with Crippen LogP contribution in [0.1, 0.15) is 23.0 Å². The number of ether oxygens (including phenoxy) is 1. The van der Waals surface area contributed by atoms with Crippen molar-refractivity contribution in [3.63, 3.8) is 0 Å². The molecule has 1 heterocycles. The lowest BCUT2D eigenvalue weighted by molar-refractivity contribution is 0.0520. The molecule has 0 saturated carbocycles. The van der Waals surface area contributed by atoms with Gasteiger partial charge in [0, 0.05) is 22.5 Å². The number of esters is 1. The van der Waals surface area contributed by atoms with E-state index in [2.05, 4.69) is 4.98 Å². The first-order valence-corrected chi connectivity index (χ1v) is 5.62. The van der Waals surface area contributed by atoms with Crippen LogP contribution in [-0.2, 0) is 4.74 Å². The monoisotopic (exact) mass is 240 g/mol. The lowest BCUT2D eigenvalue weighted by Crippen LogP contribution is -2.06. The summed E-state index contributed by atoms with van der Waals surface area (Å²) in [6.45, 7) is 2.07. The Kier molecular flexibility index (Phi) is 3.44. The van der Waals surface area contributed by atoms with Gasteiger partial charge in [-0.1, -0.05) is 18.2 Å². The van der Waals surface area contributed by atoms with Gasteiger partial charge in [0.1, 0.15) is 5.69 Å². The van der Waals surface area contributed by atoms with Crippen LogP contribution in [0.15, 0.2) is 30.3 Å². The van der Waals surface area contributed by atoms with Gasteiger partial charge in [-0.3, -0.25) is 0 Å². The van der Waals surface area contributed by atoms with Crippen LogP contribution in [0.5, 0.6) is 0 Å². The second-order valence-electron chi connectivity index (χ2n) is 3.64. The summed E-state index contributed by atoms with van der Waals surface area (Å²) in [5, 5.41) is 9.50. The number of carbonyl (C=O) groups is 1. The van der Waals surface area contributed by atoms with Gasteiger partial charge in [0.2, 0.25) is 0 Å². The van der Waals surface area contributed by atoms with Crippen LogP contribution in [0, 0.1) is 11.3 Å². The number of H-pyrrole nitrogens is 1. The number of aromatic nitrogens is 1. The summed E-state index contributed by atoms with van der Waals surface area (Å²) in [5.41, 5.74) is 1.91. The lowest BCUT2D eigenvalue weighted by atomic mass is 10.1. The first-order valence-electron chi connectivity index (χ1n) is 5.62. The standard InChI is InChI=1S/C14H12N2O2/c1-2-18-14(17)13-11(7-5-9-15)10-6-3-4-8-12(10)16-13/h3-8,16H,2H2,1H3/b7-5+. The average Bonchev–Trinajstić information content (AvgIpc) is 2.75. The van der Waals surface area contributed by atoms with Crippen LogP contribution in [0.4, 0.5) is 0 Å². The van der Waals surface area contributed by atoms with Crippen molar-refractivity contribution >= 4 is 22.9 Å². The maximum Gasteiger partial charge on any atom is 0.355 e. The molecule has 0 fully saturated rings. The maximum atomic E-state index is 11.8. The molecule has 0 radical (unpaired) electrons. The second kappa shape index (κ2) is 5.19. The molecule has 0 amide bonds. The van der Waals surface area contributed by atoms with E-state index in [9.17, 15) is 4.79 Å². The van der Waals surface area contributed by atoms with Gasteiger partial charge in [-0.15, -0.1) is 0 Å². The van der Waals surface area contributed by atoms with Crippen LogP contribution in [0.25, 0.3) is 17.0 Å². The molecule has 90 valence electrons. The summed E-state index contributed by atoms with van der Waals surface area (Å²) < 4.78 is 4.99. The molecule has 0 saturated heterocycles. The van der Waals surface area contributed by atoms with Gasteiger partial charge in [0.15, 0.2) is 0 Å². The topological polar surface area (TPSA) is 65.9 Å². The second-order valence-corrected chi connectivity index (χ2v) is 3.64. The minimum absolute atomic E-state index is 0.315. The number of hydrogen-bond acceptors (Lipinski definition) is 3. The smallest absolute Gasteiger partial charge is 0.355 e. The van der Waals surface area contributed by atoms with E-state index in [1.54, 1.807) is 13.0 Å². The quantitative estimate of drug-likeness (QED) is 0.662. The zero-order valence-corrected chi connectivity index (χ0v) is 9.93. The average molecular weight is 240 g/mol. The lowest BCUT2D eigenvalue weighted by Gasteiger charge is -2.00. The highest BCUT2D eigenvalue weighted by molar-refractivity contribution is 6.02. The molecule has 0 unspecified atom stereocenters. The Bertz CT molecular complexity index is 647. The van der Waals surface area contributed by atoms with Crippen LogP contribution < -0.4 is 0 Å². The fraction of sp³-hybridized carbons (Fsp3) is 0.143. The Morgan fingerprint density at radius 3 is 3.00 bits per heavy atom. The summed E-state index contributed by atoms with van der Waals surface area (Å²) in [7, 11) is 0. The highest BCUT2D eigenvalue weighted by Gasteiger charge is 2.16. The summed E-state index contributed by atoms with van der Waals surface area (Å²) >= 11 is 0. The number of nitrogens with one attached hydrogen (secondary N) is 1. The Morgan fingerprint density at radius 1 is 1.50 bits per heavy atom. The van der Waals surface area contributed by atoms with E-state index >= 15 is 0 Å². The van der Waals surface area contributed by atoms with Crippen LogP contribution in [0.2, 0.25) is 0 Å².